The second-order valence-corrected chi connectivity index (χ2v) is 6.67. The van der Waals surface area contributed by atoms with Crippen molar-refractivity contribution in [1.29, 1.82) is 0 Å². The van der Waals surface area contributed by atoms with Crippen LogP contribution in [0, 0.1) is 12.7 Å². The van der Waals surface area contributed by atoms with Gasteiger partial charge >= 0.3 is 0 Å². The Hall–Kier alpha value is -2.73. The molecule has 27 heavy (non-hydrogen) atoms. The van der Waals surface area contributed by atoms with E-state index in [9.17, 15) is 14.0 Å². The molecular weight excluding hydrogens is 345 g/mol. The van der Waals surface area contributed by atoms with E-state index in [0.29, 0.717) is 13.0 Å². The molecule has 0 aromatic heterocycles. The van der Waals surface area contributed by atoms with Gasteiger partial charge < -0.3 is 10.6 Å². The molecule has 6 heteroatoms. The first-order chi connectivity index (χ1) is 12.8. The Balaban J connectivity index is 1.74. The van der Waals surface area contributed by atoms with Crippen molar-refractivity contribution in [1.82, 2.24) is 10.2 Å². The third kappa shape index (κ3) is 6.83. The van der Waals surface area contributed by atoms with Crippen LogP contribution in [0.15, 0.2) is 48.5 Å². The number of benzene rings is 2. The lowest BCUT2D eigenvalue weighted by atomic mass is 10.1. The summed E-state index contributed by atoms with van der Waals surface area (Å²) in [7, 11) is 1.74. The molecule has 1 atom stereocenters. The Bertz CT molecular complexity index is 760. The van der Waals surface area contributed by atoms with Crippen LogP contribution >= 0.6 is 0 Å². The molecule has 0 aliphatic rings. The zero-order chi connectivity index (χ0) is 19.8. The Morgan fingerprint density at radius 1 is 1.07 bits per heavy atom. The van der Waals surface area contributed by atoms with E-state index in [2.05, 4.69) is 10.6 Å². The maximum atomic E-state index is 12.9. The molecule has 0 aliphatic heterocycles. The van der Waals surface area contributed by atoms with Gasteiger partial charge in [-0.05, 0) is 57.1 Å². The highest BCUT2D eigenvalue weighted by Gasteiger charge is 2.19. The average molecular weight is 371 g/mol. The normalized spacial score (nSPS) is 11.9. The van der Waals surface area contributed by atoms with Crippen LogP contribution in [0.3, 0.4) is 0 Å². The summed E-state index contributed by atoms with van der Waals surface area (Å²) in [5.41, 5.74) is 2.81. The average Bonchev–Trinajstić information content (AvgIpc) is 2.64. The molecule has 1 unspecified atom stereocenters. The van der Waals surface area contributed by atoms with Gasteiger partial charge in [-0.25, -0.2) is 4.39 Å². The molecule has 0 aliphatic carbocycles. The third-order valence-corrected chi connectivity index (χ3v) is 4.40. The minimum absolute atomic E-state index is 0.112. The number of carbonyl (C=O) groups excluding carboxylic acids is 2. The van der Waals surface area contributed by atoms with Crippen LogP contribution < -0.4 is 10.6 Å². The molecule has 0 saturated heterocycles. The molecule has 2 N–H and O–H groups in total. The van der Waals surface area contributed by atoms with Gasteiger partial charge in [0.15, 0.2) is 0 Å². The van der Waals surface area contributed by atoms with Gasteiger partial charge in [0.05, 0.1) is 12.6 Å². The van der Waals surface area contributed by atoms with Gasteiger partial charge in [-0.2, -0.15) is 0 Å². The van der Waals surface area contributed by atoms with Gasteiger partial charge in [0, 0.05) is 12.2 Å². The lowest BCUT2D eigenvalue weighted by Crippen LogP contribution is -2.46. The molecule has 0 saturated carbocycles. The third-order valence-electron chi connectivity index (χ3n) is 4.40. The van der Waals surface area contributed by atoms with Crippen molar-refractivity contribution in [3.05, 3.63) is 65.5 Å². The van der Waals surface area contributed by atoms with Crippen molar-refractivity contribution in [2.45, 2.75) is 26.3 Å². The fourth-order valence-corrected chi connectivity index (χ4v) is 2.53. The fraction of sp³-hybridized carbons (Fsp3) is 0.333. The Kier molecular flexibility index (Phi) is 7.49. The van der Waals surface area contributed by atoms with Crippen LogP contribution in [0.5, 0.6) is 0 Å². The van der Waals surface area contributed by atoms with Gasteiger partial charge in [0.25, 0.3) is 0 Å². The van der Waals surface area contributed by atoms with Crippen molar-refractivity contribution in [3.8, 4) is 0 Å². The standard InChI is InChI=1S/C21H26FN3O2/c1-15-4-10-19(11-5-15)24-20(26)14-25(3)16(2)21(27)23-13-12-17-6-8-18(22)9-7-17/h4-11,16H,12-14H2,1-3H3,(H,23,27)(H,24,26). The molecular formula is C21H26FN3O2. The number of aryl methyl sites for hydroxylation is 1. The molecule has 0 fully saturated rings. The van der Waals surface area contributed by atoms with Crippen LogP contribution in [0.4, 0.5) is 10.1 Å². The number of hydrogen-bond donors (Lipinski definition) is 2. The number of anilines is 1. The minimum atomic E-state index is -0.443. The molecule has 0 heterocycles. The first-order valence-corrected chi connectivity index (χ1v) is 8.94. The molecule has 5 nitrogen and oxygen atoms in total. The molecule has 2 aromatic rings. The zero-order valence-corrected chi connectivity index (χ0v) is 16.0. The molecule has 2 amide bonds. The highest BCUT2D eigenvalue weighted by Crippen LogP contribution is 2.09. The molecule has 2 aromatic carbocycles. The quantitative estimate of drug-likeness (QED) is 0.750. The summed E-state index contributed by atoms with van der Waals surface area (Å²) in [5.74, 6) is -0.600. The van der Waals surface area contributed by atoms with E-state index >= 15 is 0 Å². The first kappa shape index (κ1) is 20.6. The summed E-state index contributed by atoms with van der Waals surface area (Å²) in [6.45, 7) is 4.31. The van der Waals surface area contributed by atoms with Crippen LogP contribution in [0.1, 0.15) is 18.1 Å². The number of nitrogens with one attached hydrogen (secondary N) is 2. The van der Waals surface area contributed by atoms with Gasteiger partial charge in [0.1, 0.15) is 5.82 Å². The predicted octanol–water partition coefficient (Wildman–Crippen LogP) is 2.75. The molecule has 0 bridgehead atoms. The molecule has 144 valence electrons. The predicted molar refractivity (Wildman–Crippen MR) is 105 cm³/mol. The summed E-state index contributed by atoms with van der Waals surface area (Å²) in [4.78, 5) is 26.1. The van der Waals surface area contributed by atoms with Crippen molar-refractivity contribution in [2.24, 2.45) is 0 Å². The maximum absolute atomic E-state index is 12.9. The van der Waals surface area contributed by atoms with Crippen molar-refractivity contribution in [2.75, 3.05) is 25.5 Å². The van der Waals surface area contributed by atoms with Crippen molar-refractivity contribution < 1.29 is 14.0 Å². The largest absolute Gasteiger partial charge is 0.354 e. The van der Waals surface area contributed by atoms with Crippen molar-refractivity contribution in [3.63, 3.8) is 0 Å². The van der Waals surface area contributed by atoms with E-state index < -0.39 is 6.04 Å². The number of halogens is 1. The summed E-state index contributed by atoms with van der Waals surface area (Å²) in [6.07, 6.45) is 0.621. The maximum Gasteiger partial charge on any atom is 0.238 e. The number of likely N-dealkylation sites (N-methyl/N-ethyl adjacent to an activating group) is 1. The van der Waals surface area contributed by atoms with Gasteiger partial charge in [0.2, 0.25) is 11.8 Å². The van der Waals surface area contributed by atoms with E-state index in [1.165, 1.54) is 12.1 Å². The monoisotopic (exact) mass is 371 g/mol. The summed E-state index contributed by atoms with van der Waals surface area (Å²) in [5, 5.41) is 5.67. The highest BCUT2D eigenvalue weighted by atomic mass is 19.1. The SMILES string of the molecule is Cc1ccc(NC(=O)CN(C)C(C)C(=O)NCCc2ccc(F)cc2)cc1. The van der Waals surface area contributed by atoms with E-state index in [0.717, 1.165) is 16.8 Å². The first-order valence-electron chi connectivity index (χ1n) is 8.94. The summed E-state index contributed by atoms with van der Waals surface area (Å²) >= 11 is 0. The lowest BCUT2D eigenvalue weighted by Gasteiger charge is -2.23. The number of hydrogen-bond acceptors (Lipinski definition) is 3. The number of amides is 2. The van der Waals surface area contributed by atoms with E-state index in [4.69, 9.17) is 0 Å². The smallest absolute Gasteiger partial charge is 0.238 e. The zero-order valence-electron chi connectivity index (χ0n) is 16.0. The van der Waals surface area contributed by atoms with Crippen molar-refractivity contribution >= 4 is 17.5 Å². The Morgan fingerprint density at radius 2 is 1.70 bits per heavy atom. The second-order valence-electron chi connectivity index (χ2n) is 6.67. The molecule has 0 radical (unpaired) electrons. The van der Waals surface area contributed by atoms with E-state index in [-0.39, 0.29) is 24.2 Å². The fourth-order valence-electron chi connectivity index (χ4n) is 2.53. The van der Waals surface area contributed by atoms with Crippen LogP contribution in [0.25, 0.3) is 0 Å². The van der Waals surface area contributed by atoms with Gasteiger partial charge in [-0.15, -0.1) is 0 Å². The van der Waals surface area contributed by atoms with Gasteiger partial charge in [-0.3, -0.25) is 14.5 Å². The number of rotatable bonds is 8. The lowest BCUT2D eigenvalue weighted by molar-refractivity contribution is -0.126. The van der Waals surface area contributed by atoms with Crippen LogP contribution in [-0.2, 0) is 16.0 Å². The van der Waals surface area contributed by atoms with E-state index in [1.54, 1.807) is 31.0 Å². The molecule has 0 spiro atoms. The summed E-state index contributed by atoms with van der Waals surface area (Å²) < 4.78 is 12.9. The Labute approximate surface area is 159 Å². The van der Waals surface area contributed by atoms with Crippen LogP contribution in [0.2, 0.25) is 0 Å². The number of carbonyl (C=O) groups is 2. The van der Waals surface area contributed by atoms with Gasteiger partial charge in [-0.1, -0.05) is 29.8 Å². The topological polar surface area (TPSA) is 61.4 Å². The van der Waals surface area contributed by atoms with Crippen LogP contribution in [-0.4, -0.2) is 42.9 Å². The minimum Gasteiger partial charge on any atom is -0.354 e. The van der Waals surface area contributed by atoms with E-state index in [1.807, 2.05) is 31.2 Å². The second kappa shape index (κ2) is 9.83. The highest BCUT2D eigenvalue weighted by molar-refractivity contribution is 5.92. The Morgan fingerprint density at radius 3 is 2.33 bits per heavy atom. The summed E-state index contributed by atoms with van der Waals surface area (Å²) in [6, 6.07) is 13.3. The number of nitrogens with zero attached hydrogens (tertiary/aromatic N) is 1. The molecule has 2 rings (SSSR count).